The number of aliphatic carboxylic acids is 1. The van der Waals surface area contributed by atoms with Crippen molar-refractivity contribution in [2.75, 3.05) is 11.4 Å². The van der Waals surface area contributed by atoms with Crippen molar-refractivity contribution in [1.82, 2.24) is 0 Å². The number of benzene rings is 1. The summed E-state index contributed by atoms with van der Waals surface area (Å²) in [5.41, 5.74) is -5.65. The highest BCUT2D eigenvalue weighted by Gasteiger charge is 2.49. The fourth-order valence-corrected chi connectivity index (χ4v) is 2.96. The molecule has 21 heavy (non-hydrogen) atoms. The molecule has 0 aromatic heterocycles. The molecule has 1 aliphatic carbocycles. The van der Waals surface area contributed by atoms with Gasteiger partial charge in [-0.1, -0.05) is 12.1 Å². The second-order valence-corrected chi connectivity index (χ2v) is 6.58. The maximum Gasteiger partial charge on any atom is 0.501 e. The van der Waals surface area contributed by atoms with Gasteiger partial charge in [-0.3, -0.25) is 4.79 Å². The second-order valence-electron chi connectivity index (χ2n) is 4.67. The van der Waals surface area contributed by atoms with E-state index in [2.05, 4.69) is 0 Å². The van der Waals surface area contributed by atoms with Crippen LogP contribution in [0.4, 0.5) is 18.9 Å². The number of carboxylic acids is 1. The van der Waals surface area contributed by atoms with E-state index in [0.29, 0.717) is 12.8 Å². The van der Waals surface area contributed by atoms with Crippen molar-refractivity contribution < 1.29 is 31.5 Å². The van der Waals surface area contributed by atoms with Gasteiger partial charge in [-0.05, 0) is 25.0 Å². The molecule has 0 heterocycles. The first kappa shape index (κ1) is 15.6. The number of anilines is 1. The number of carbonyl (C=O) groups is 1. The lowest BCUT2D eigenvalue weighted by Crippen LogP contribution is -2.34. The van der Waals surface area contributed by atoms with Gasteiger partial charge in [-0.15, -0.1) is 0 Å². The molecule has 116 valence electrons. The number of nitrogens with zero attached hydrogens (tertiary/aromatic N) is 1. The summed E-state index contributed by atoms with van der Waals surface area (Å²) in [6, 6.07) is 4.34. The molecule has 0 atom stereocenters. The highest BCUT2D eigenvalue weighted by atomic mass is 32.2. The number of sulfone groups is 1. The van der Waals surface area contributed by atoms with Crippen LogP contribution < -0.4 is 4.90 Å². The van der Waals surface area contributed by atoms with Gasteiger partial charge in [0.2, 0.25) is 0 Å². The Labute approximate surface area is 118 Å². The Balaban J connectivity index is 2.52. The Morgan fingerprint density at radius 1 is 1.29 bits per heavy atom. The van der Waals surface area contributed by atoms with Crippen LogP contribution in [0.1, 0.15) is 12.8 Å². The SMILES string of the molecule is O=C(O)CN(c1ccccc1S(=O)(=O)C(F)(F)F)C1CC1. The van der Waals surface area contributed by atoms with Crippen molar-refractivity contribution in [3.05, 3.63) is 24.3 Å². The van der Waals surface area contributed by atoms with Gasteiger partial charge in [0.25, 0.3) is 9.84 Å². The van der Waals surface area contributed by atoms with Gasteiger partial charge in [0.15, 0.2) is 0 Å². The minimum Gasteiger partial charge on any atom is -0.480 e. The Bertz CT molecular complexity index is 653. The van der Waals surface area contributed by atoms with Crippen LogP contribution >= 0.6 is 0 Å². The van der Waals surface area contributed by atoms with E-state index < -0.39 is 32.8 Å². The Morgan fingerprint density at radius 3 is 2.33 bits per heavy atom. The van der Waals surface area contributed by atoms with Crippen molar-refractivity contribution in [2.45, 2.75) is 29.3 Å². The van der Waals surface area contributed by atoms with Gasteiger partial charge in [0, 0.05) is 6.04 Å². The van der Waals surface area contributed by atoms with Crippen LogP contribution in [0, 0.1) is 0 Å². The fraction of sp³-hybridized carbons (Fsp3) is 0.417. The average molecular weight is 323 g/mol. The molecule has 2 rings (SSSR count). The predicted octanol–water partition coefficient (Wildman–Crippen LogP) is 2.03. The first-order chi connectivity index (χ1) is 9.64. The summed E-state index contributed by atoms with van der Waals surface area (Å²) >= 11 is 0. The molecule has 0 aliphatic heterocycles. The minimum absolute atomic E-state index is 0.222. The molecular weight excluding hydrogens is 311 g/mol. The number of para-hydroxylation sites is 1. The second kappa shape index (κ2) is 5.21. The zero-order valence-electron chi connectivity index (χ0n) is 10.7. The third-order valence-electron chi connectivity index (χ3n) is 3.06. The van der Waals surface area contributed by atoms with Gasteiger partial charge >= 0.3 is 11.5 Å². The first-order valence-electron chi connectivity index (χ1n) is 6.03. The maximum absolute atomic E-state index is 12.7. The zero-order valence-corrected chi connectivity index (χ0v) is 11.5. The summed E-state index contributed by atoms with van der Waals surface area (Å²) in [5.74, 6) is -1.24. The molecule has 1 fully saturated rings. The van der Waals surface area contributed by atoms with Gasteiger partial charge in [-0.2, -0.15) is 13.2 Å². The van der Waals surface area contributed by atoms with Crippen molar-refractivity contribution in [3.63, 3.8) is 0 Å². The maximum atomic E-state index is 12.7. The summed E-state index contributed by atoms with van der Waals surface area (Å²) in [6.07, 6.45) is 1.24. The standard InChI is InChI=1S/C12H12F3NO4S/c13-12(14,15)21(19,20)10-4-2-1-3-9(10)16(7-11(17)18)8-5-6-8/h1-4,8H,5-7H2,(H,17,18). The lowest BCUT2D eigenvalue weighted by atomic mass is 10.2. The van der Waals surface area contributed by atoms with Crippen LogP contribution in [0.25, 0.3) is 0 Å². The predicted molar refractivity (Wildman–Crippen MR) is 67.7 cm³/mol. The van der Waals surface area contributed by atoms with Gasteiger partial charge < -0.3 is 10.0 Å². The van der Waals surface area contributed by atoms with Crippen molar-refractivity contribution in [3.8, 4) is 0 Å². The van der Waals surface area contributed by atoms with Crippen LogP contribution in [-0.2, 0) is 14.6 Å². The first-order valence-corrected chi connectivity index (χ1v) is 7.51. The van der Waals surface area contributed by atoms with E-state index in [1.54, 1.807) is 0 Å². The molecule has 9 heteroatoms. The van der Waals surface area contributed by atoms with Crippen LogP contribution in [-0.4, -0.2) is 37.6 Å². The quantitative estimate of drug-likeness (QED) is 0.897. The molecule has 0 bridgehead atoms. The van der Waals surface area contributed by atoms with Crippen LogP contribution in [0.3, 0.4) is 0 Å². The molecule has 0 saturated heterocycles. The van der Waals surface area contributed by atoms with Crippen molar-refractivity contribution >= 4 is 21.5 Å². The number of hydrogen-bond acceptors (Lipinski definition) is 4. The van der Waals surface area contributed by atoms with E-state index in [9.17, 15) is 26.4 Å². The Morgan fingerprint density at radius 2 is 1.86 bits per heavy atom. The van der Waals surface area contributed by atoms with Gasteiger partial charge in [0.1, 0.15) is 6.54 Å². The number of alkyl halides is 3. The van der Waals surface area contributed by atoms with E-state index in [-0.39, 0.29) is 11.7 Å². The highest BCUT2D eigenvalue weighted by Crippen LogP contribution is 2.39. The normalized spacial score (nSPS) is 15.8. The topological polar surface area (TPSA) is 74.7 Å². The smallest absolute Gasteiger partial charge is 0.480 e. The van der Waals surface area contributed by atoms with Crippen LogP contribution in [0.2, 0.25) is 0 Å². The largest absolute Gasteiger partial charge is 0.501 e. The summed E-state index contributed by atoms with van der Waals surface area (Å²) < 4.78 is 61.4. The molecule has 1 aliphatic rings. The number of hydrogen-bond donors (Lipinski definition) is 1. The van der Waals surface area contributed by atoms with Gasteiger partial charge in [0.05, 0.1) is 10.6 Å². The average Bonchev–Trinajstić information content (AvgIpc) is 3.18. The Kier molecular flexibility index (Phi) is 3.87. The molecular formula is C12H12F3NO4S. The lowest BCUT2D eigenvalue weighted by molar-refractivity contribution is -0.135. The third-order valence-corrected chi connectivity index (χ3v) is 4.60. The minimum atomic E-state index is -5.53. The van der Waals surface area contributed by atoms with E-state index in [1.165, 1.54) is 23.1 Å². The molecule has 0 radical (unpaired) electrons. The molecule has 1 N–H and O–H groups in total. The molecule has 0 spiro atoms. The third kappa shape index (κ3) is 3.12. The van der Waals surface area contributed by atoms with E-state index in [0.717, 1.165) is 6.07 Å². The summed E-state index contributed by atoms with van der Waals surface area (Å²) in [7, 11) is -5.53. The molecule has 1 aromatic rings. The van der Waals surface area contributed by atoms with E-state index >= 15 is 0 Å². The number of halogens is 3. The molecule has 1 saturated carbocycles. The molecule has 0 amide bonds. The van der Waals surface area contributed by atoms with Crippen LogP contribution in [0.15, 0.2) is 29.2 Å². The van der Waals surface area contributed by atoms with Gasteiger partial charge in [-0.25, -0.2) is 8.42 Å². The van der Waals surface area contributed by atoms with E-state index in [4.69, 9.17) is 5.11 Å². The summed E-state index contributed by atoms with van der Waals surface area (Å²) in [4.78, 5) is 11.1. The monoisotopic (exact) mass is 323 g/mol. The highest BCUT2D eigenvalue weighted by molar-refractivity contribution is 7.92. The van der Waals surface area contributed by atoms with Crippen LogP contribution in [0.5, 0.6) is 0 Å². The summed E-state index contributed by atoms with van der Waals surface area (Å²) in [6.45, 7) is -0.547. The lowest BCUT2D eigenvalue weighted by Gasteiger charge is -2.25. The fourth-order valence-electron chi connectivity index (χ4n) is 1.99. The molecule has 0 unspecified atom stereocenters. The van der Waals surface area contributed by atoms with Crippen molar-refractivity contribution in [2.24, 2.45) is 0 Å². The zero-order chi connectivity index (χ0) is 15.8. The number of carboxylic acid groups (broad SMARTS) is 1. The molecule has 5 nitrogen and oxygen atoms in total. The summed E-state index contributed by atoms with van der Waals surface area (Å²) in [5, 5.41) is 8.86. The van der Waals surface area contributed by atoms with Crippen molar-refractivity contribution in [1.29, 1.82) is 0 Å². The Hall–Kier alpha value is -1.77. The molecule has 1 aromatic carbocycles. The number of rotatable bonds is 5. The van der Waals surface area contributed by atoms with E-state index in [1.807, 2.05) is 0 Å².